The maximum atomic E-state index is 13.2. The molecule has 0 aliphatic heterocycles. The molecular weight excluding hydrogens is 291 g/mol. The van der Waals surface area contributed by atoms with Crippen molar-refractivity contribution in [3.05, 3.63) is 71.5 Å². The normalized spacial score (nSPS) is 16.6. The van der Waals surface area contributed by atoms with Crippen molar-refractivity contribution in [3.8, 4) is 0 Å². The van der Waals surface area contributed by atoms with Crippen molar-refractivity contribution in [1.29, 1.82) is 0 Å². The summed E-state index contributed by atoms with van der Waals surface area (Å²) in [5.41, 5.74) is 1.88. The van der Waals surface area contributed by atoms with Crippen molar-refractivity contribution >= 4 is 5.91 Å². The molecule has 1 aliphatic carbocycles. The molecule has 0 unspecified atom stereocenters. The topological polar surface area (TPSA) is 41.1 Å². The summed E-state index contributed by atoms with van der Waals surface area (Å²) in [6, 6.07) is 15.9. The van der Waals surface area contributed by atoms with Crippen LogP contribution in [0.4, 0.5) is 4.39 Å². The highest BCUT2D eigenvalue weighted by Crippen LogP contribution is 2.24. The van der Waals surface area contributed by atoms with Gasteiger partial charge in [-0.25, -0.2) is 4.39 Å². The van der Waals surface area contributed by atoms with Crippen LogP contribution in [0.3, 0.4) is 0 Å². The molecule has 3 nitrogen and oxygen atoms in total. The standard InChI is InChI=1S/C19H21FN2O/c1-13(14-5-3-2-4-6-14)21-18(19(23)22-17-11-12-17)15-7-9-16(20)10-8-15/h2-10,13,17-18,21H,11-12H2,1H3,(H,22,23)/t13-,18-/m0/s1. The van der Waals surface area contributed by atoms with Gasteiger partial charge in [-0.2, -0.15) is 0 Å². The number of hydrogen-bond donors (Lipinski definition) is 2. The number of rotatable bonds is 6. The molecule has 2 atom stereocenters. The van der Waals surface area contributed by atoms with Crippen LogP contribution >= 0.6 is 0 Å². The smallest absolute Gasteiger partial charge is 0.241 e. The lowest BCUT2D eigenvalue weighted by molar-refractivity contribution is -0.123. The number of benzene rings is 2. The summed E-state index contributed by atoms with van der Waals surface area (Å²) in [6.07, 6.45) is 2.08. The zero-order chi connectivity index (χ0) is 16.2. The molecule has 120 valence electrons. The van der Waals surface area contributed by atoms with Gasteiger partial charge in [0.05, 0.1) is 0 Å². The average Bonchev–Trinajstić information content (AvgIpc) is 3.38. The second-order valence-corrected chi connectivity index (χ2v) is 6.07. The first-order valence-corrected chi connectivity index (χ1v) is 8.00. The van der Waals surface area contributed by atoms with Crippen LogP contribution < -0.4 is 10.6 Å². The van der Waals surface area contributed by atoms with Gasteiger partial charge in [0.1, 0.15) is 11.9 Å². The summed E-state index contributed by atoms with van der Waals surface area (Å²) in [5, 5.41) is 6.40. The molecule has 1 fully saturated rings. The first kappa shape index (κ1) is 15.7. The van der Waals surface area contributed by atoms with E-state index in [2.05, 4.69) is 10.6 Å². The van der Waals surface area contributed by atoms with Gasteiger partial charge in [0.2, 0.25) is 5.91 Å². The highest BCUT2D eigenvalue weighted by atomic mass is 19.1. The van der Waals surface area contributed by atoms with E-state index in [-0.39, 0.29) is 17.8 Å². The molecule has 0 saturated heterocycles. The summed E-state index contributed by atoms with van der Waals surface area (Å²) in [7, 11) is 0. The van der Waals surface area contributed by atoms with Crippen LogP contribution in [0.5, 0.6) is 0 Å². The van der Waals surface area contributed by atoms with Crippen LogP contribution in [-0.4, -0.2) is 11.9 Å². The fourth-order valence-corrected chi connectivity index (χ4v) is 2.58. The maximum absolute atomic E-state index is 13.2. The van der Waals surface area contributed by atoms with E-state index in [4.69, 9.17) is 0 Å². The SMILES string of the molecule is C[C@H](N[C@H](C(=O)NC1CC1)c1ccc(F)cc1)c1ccccc1. The minimum absolute atomic E-state index is 0.0104. The molecule has 23 heavy (non-hydrogen) atoms. The van der Waals surface area contributed by atoms with Gasteiger partial charge >= 0.3 is 0 Å². The van der Waals surface area contributed by atoms with Crippen LogP contribution in [0.2, 0.25) is 0 Å². The molecule has 2 aromatic carbocycles. The molecule has 3 rings (SSSR count). The molecule has 0 bridgehead atoms. The molecular formula is C19H21FN2O. The quantitative estimate of drug-likeness (QED) is 0.857. The van der Waals surface area contributed by atoms with Crippen molar-refractivity contribution in [3.63, 3.8) is 0 Å². The van der Waals surface area contributed by atoms with Gasteiger partial charge in [-0.3, -0.25) is 10.1 Å². The molecule has 2 aromatic rings. The highest BCUT2D eigenvalue weighted by molar-refractivity contribution is 5.83. The van der Waals surface area contributed by atoms with Crippen LogP contribution in [0, 0.1) is 5.82 Å². The van der Waals surface area contributed by atoms with Crippen LogP contribution in [0.1, 0.15) is 43.0 Å². The van der Waals surface area contributed by atoms with Crippen molar-refractivity contribution in [1.82, 2.24) is 10.6 Å². The Hall–Kier alpha value is -2.20. The summed E-state index contributed by atoms with van der Waals surface area (Å²) in [6.45, 7) is 2.02. The Kier molecular flexibility index (Phi) is 4.72. The van der Waals surface area contributed by atoms with E-state index in [1.165, 1.54) is 12.1 Å². The van der Waals surface area contributed by atoms with Crippen molar-refractivity contribution in [2.75, 3.05) is 0 Å². The third-order valence-electron chi connectivity index (χ3n) is 4.11. The maximum Gasteiger partial charge on any atom is 0.241 e. The number of halogens is 1. The Morgan fingerprint density at radius 1 is 1.04 bits per heavy atom. The van der Waals surface area contributed by atoms with Crippen LogP contribution in [0.25, 0.3) is 0 Å². The number of amides is 1. The van der Waals surface area contributed by atoms with Crippen molar-refractivity contribution < 1.29 is 9.18 Å². The molecule has 4 heteroatoms. The summed E-state index contributed by atoms with van der Waals surface area (Å²) >= 11 is 0. The summed E-state index contributed by atoms with van der Waals surface area (Å²) in [4.78, 5) is 12.6. The predicted molar refractivity (Wildman–Crippen MR) is 88.3 cm³/mol. The van der Waals surface area contributed by atoms with Gasteiger partial charge in [0, 0.05) is 12.1 Å². The fourth-order valence-electron chi connectivity index (χ4n) is 2.58. The lowest BCUT2D eigenvalue weighted by Crippen LogP contribution is -2.39. The fraction of sp³-hybridized carbons (Fsp3) is 0.316. The minimum atomic E-state index is -0.494. The van der Waals surface area contributed by atoms with Gasteiger partial charge in [0.15, 0.2) is 0 Å². The Labute approximate surface area is 135 Å². The second kappa shape index (κ2) is 6.92. The zero-order valence-electron chi connectivity index (χ0n) is 13.1. The molecule has 0 spiro atoms. The molecule has 0 radical (unpaired) electrons. The van der Waals surface area contributed by atoms with Gasteiger partial charge in [0.25, 0.3) is 0 Å². The van der Waals surface area contributed by atoms with E-state index in [0.29, 0.717) is 6.04 Å². The molecule has 2 N–H and O–H groups in total. The van der Waals surface area contributed by atoms with Gasteiger partial charge < -0.3 is 5.32 Å². The number of carbonyl (C=O) groups excluding carboxylic acids is 1. The molecule has 1 aliphatic rings. The molecule has 0 aromatic heterocycles. The molecule has 1 saturated carbocycles. The monoisotopic (exact) mass is 312 g/mol. The third-order valence-corrected chi connectivity index (χ3v) is 4.11. The first-order chi connectivity index (χ1) is 11.1. The van der Waals surface area contributed by atoms with E-state index in [1.807, 2.05) is 37.3 Å². The van der Waals surface area contributed by atoms with E-state index in [9.17, 15) is 9.18 Å². The molecule has 1 amide bonds. The summed E-state index contributed by atoms with van der Waals surface area (Å²) in [5.74, 6) is -0.354. The highest BCUT2D eigenvalue weighted by Gasteiger charge is 2.29. The van der Waals surface area contributed by atoms with Crippen LogP contribution in [0.15, 0.2) is 54.6 Å². The number of hydrogen-bond acceptors (Lipinski definition) is 2. The lowest BCUT2D eigenvalue weighted by Gasteiger charge is -2.23. The first-order valence-electron chi connectivity index (χ1n) is 8.00. The Morgan fingerprint density at radius 3 is 2.30 bits per heavy atom. The molecule has 0 heterocycles. The van der Waals surface area contributed by atoms with Gasteiger partial charge in [-0.1, -0.05) is 42.5 Å². The number of carbonyl (C=O) groups is 1. The minimum Gasteiger partial charge on any atom is -0.352 e. The van der Waals surface area contributed by atoms with E-state index in [0.717, 1.165) is 24.0 Å². The largest absolute Gasteiger partial charge is 0.352 e. The van der Waals surface area contributed by atoms with E-state index >= 15 is 0 Å². The van der Waals surface area contributed by atoms with Gasteiger partial charge in [-0.05, 0) is 43.0 Å². The van der Waals surface area contributed by atoms with E-state index < -0.39 is 6.04 Å². The van der Waals surface area contributed by atoms with Crippen LogP contribution in [-0.2, 0) is 4.79 Å². The van der Waals surface area contributed by atoms with Crippen molar-refractivity contribution in [2.45, 2.75) is 37.9 Å². The lowest BCUT2D eigenvalue weighted by atomic mass is 10.0. The Bertz CT molecular complexity index is 653. The predicted octanol–water partition coefficient (Wildman–Crippen LogP) is 3.50. The zero-order valence-corrected chi connectivity index (χ0v) is 13.1. The Morgan fingerprint density at radius 2 is 1.70 bits per heavy atom. The Balaban J connectivity index is 1.79. The van der Waals surface area contributed by atoms with Gasteiger partial charge in [-0.15, -0.1) is 0 Å². The second-order valence-electron chi connectivity index (χ2n) is 6.07. The average molecular weight is 312 g/mol. The van der Waals surface area contributed by atoms with E-state index in [1.54, 1.807) is 12.1 Å². The summed E-state index contributed by atoms with van der Waals surface area (Å²) < 4.78 is 13.2. The van der Waals surface area contributed by atoms with Crippen molar-refractivity contribution in [2.24, 2.45) is 0 Å². The third kappa shape index (κ3) is 4.17. The number of nitrogens with one attached hydrogen (secondary N) is 2.